The van der Waals surface area contributed by atoms with Gasteiger partial charge in [-0.1, -0.05) is 42.5 Å². The van der Waals surface area contributed by atoms with E-state index in [-0.39, 0.29) is 12.7 Å². The molecule has 1 aliphatic rings. The molecule has 5 heteroatoms. The number of hydrogen-bond acceptors (Lipinski definition) is 4. The number of amides is 1. The van der Waals surface area contributed by atoms with Gasteiger partial charge in [-0.15, -0.1) is 0 Å². The number of hydrogen-bond donors (Lipinski definition) is 1. The average Bonchev–Trinajstić information content (AvgIpc) is 2.94. The number of rotatable bonds is 5. The Morgan fingerprint density at radius 3 is 2.42 bits per heavy atom. The summed E-state index contributed by atoms with van der Waals surface area (Å²) in [5.74, 6) is 0. The lowest BCUT2D eigenvalue weighted by Gasteiger charge is -2.23. The second-order valence-corrected chi connectivity index (χ2v) is 6.51. The van der Waals surface area contributed by atoms with Crippen LogP contribution in [0.2, 0.25) is 0 Å². The van der Waals surface area contributed by atoms with Crippen LogP contribution in [0.1, 0.15) is 17.5 Å². The third-order valence-electron chi connectivity index (χ3n) is 4.66. The number of carbonyl (C=O) groups is 1. The van der Waals surface area contributed by atoms with Crippen molar-refractivity contribution in [2.45, 2.75) is 19.4 Å². The van der Waals surface area contributed by atoms with E-state index in [1.54, 1.807) is 4.90 Å². The largest absolute Gasteiger partial charge is 0.445 e. The van der Waals surface area contributed by atoms with Gasteiger partial charge >= 0.3 is 6.09 Å². The van der Waals surface area contributed by atoms with Crippen molar-refractivity contribution >= 4 is 11.8 Å². The zero-order chi connectivity index (χ0) is 18.2. The Morgan fingerprint density at radius 2 is 1.69 bits per heavy atom. The molecule has 0 saturated carbocycles. The Kier molecular flexibility index (Phi) is 6.50. The molecule has 1 amide bonds. The normalized spacial score (nSPS) is 14.8. The molecule has 0 unspecified atom stereocenters. The van der Waals surface area contributed by atoms with Crippen LogP contribution in [0.15, 0.2) is 54.6 Å². The van der Waals surface area contributed by atoms with Gasteiger partial charge in [0.05, 0.1) is 0 Å². The topological polar surface area (TPSA) is 53.0 Å². The fourth-order valence-corrected chi connectivity index (χ4v) is 3.17. The van der Waals surface area contributed by atoms with Crippen LogP contribution in [0.3, 0.4) is 0 Å². The monoisotopic (exact) mass is 354 g/mol. The first-order chi connectivity index (χ1) is 12.8. The van der Waals surface area contributed by atoms with E-state index in [1.165, 1.54) is 0 Å². The van der Waals surface area contributed by atoms with Gasteiger partial charge in [0, 0.05) is 38.5 Å². The fourth-order valence-electron chi connectivity index (χ4n) is 3.17. The summed E-state index contributed by atoms with van der Waals surface area (Å²) in [5, 5.41) is 9.01. The van der Waals surface area contributed by atoms with E-state index < -0.39 is 0 Å². The maximum absolute atomic E-state index is 12.3. The minimum Gasteiger partial charge on any atom is -0.445 e. The van der Waals surface area contributed by atoms with Crippen LogP contribution in [-0.4, -0.2) is 48.9 Å². The number of carbonyl (C=O) groups excluding carboxylic acids is 1. The van der Waals surface area contributed by atoms with Crippen LogP contribution < -0.4 is 4.90 Å². The molecule has 1 saturated heterocycles. The van der Waals surface area contributed by atoms with Gasteiger partial charge in [0.25, 0.3) is 0 Å². The summed E-state index contributed by atoms with van der Waals surface area (Å²) in [5.41, 5.74) is 3.30. The molecule has 138 valence electrons. The van der Waals surface area contributed by atoms with Crippen molar-refractivity contribution in [3.05, 3.63) is 65.7 Å². The van der Waals surface area contributed by atoms with Gasteiger partial charge in [0.15, 0.2) is 0 Å². The van der Waals surface area contributed by atoms with Crippen LogP contribution in [0.25, 0.3) is 0 Å². The van der Waals surface area contributed by atoms with E-state index in [1.807, 2.05) is 30.3 Å². The fraction of sp³-hybridized carbons (Fsp3) is 0.381. The van der Waals surface area contributed by atoms with E-state index in [2.05, 4.69) is 29.2 Å². The highest BCUT2D eigenvalue weighted by atomic mass is 16.6. The van der Waals surface area contributed by atoms with Crippen molar-refractivity contribution in [1.29, 1.82) is 0 Å². The van der Waals surface area contributed by atoms with Crippen molar-refractivity contribution < 1.29 is 14.6 Å². The van der Waals surface area contributed by atoms with Crippen LogP contribution in [-0.2, 0) is 17.8 Å². The standard InChI is InChI=1S/C21H26N2O3/c24-16-11-18-7-9-20(10-8-18)22-12-4-13-23(15-14-22)21(25)26-17-19-5-2-1-3-6-19/h1-3,5-10,24H,4,11-17H2. The summed E-state index contributed by atoms with van der Waals surface area (Å²) in [6.45, 7) is 3.57. The molecule has 1 aliphatic heterocycles. The lowest BCUT2D eigenvalue weighted by molar-refractivity contribution is 0.0986. The molecule has 0 atom stereocenters. The predicted molar refractivity (Wildman–Crippen MR) is 102 cm³/mol. The third-order valence-corrected chi connectivity index (χ3v) is 4.66. The molecular formula is C21H26N2O3. The maximum Gasteiger partial charge on any atom is 0.410 e. The molecular weight excluding hydrogens is 328 g/mol. The van der Waals surface area contributed by atoms with E-state index in [0.717, 1.165) is 36.3 Å². The second kappa shape index (κ2) is 9.25. The number of anilines is 1. The van der Waals surface area contributed by atoms with Gasteiger partial charge in [0.1, 0.15) is 6.61 Å². The van der Waals surface area contributed by atoms with Gasteiger partial charge in [-0.25, -0.2) is 4.79 Å². The number of benzene rings is 2. The van der Waals surface area contributed by atoms with Crippen molar-refractivity contribution in [2.24, 2.45) is 0 Å². The van der Waals surface area contributed by atoms with Crippen molar-refractivity contribution in [2.75, 3.05) is 37.7 Å². The van der Waals surface area contributed by atoms with Crippen LogP contribution in [0.5, 0.6) is 0 Å². The molecule has 1 N–H and O–H groups in total. The van der Waals surface area contributed by atoms with Crippen molar-refractivity contribution in [3.8, 4) is 0 Å². The lowest BCUT2D eigenvalue weighted by atomic mass is 10.1. The zero-order valence-corrected chi connectivity index (χ0v) is 15.0. The van der Waals surface area contributed by atoms with Crippen molar-refractivity contribution in [1.82, 2.24) is 4.90 Å². The lowest BCUT2D eigenvalue weighted by Crippen LogP contribution is -2.35. The molecule has 0 aromatic heterocycles. The van der Waals surface area contributed by atoms with E-state index in [9.17, 15) is 4.79 Å². The molecule has 5 nitrogen and oxygen atoms in total. The molecule has 26 heavy (non-hydrogen) atoms. The van der Waals surface area contributed by atoms with Gasteiger partial charge in [-0.05, 0) is 36.1 Å². The van der Waals surface area contributed by atoms with Crippen LogP contribution in [0, 0.1) is 0 Å². The highest BCUT2D eigenvalue weighted by Gasteiger charge is 2.20. The third kappa shape index (κ3) is 4.99. The first-order valence-electron chi connectivity index (χ1n) is 9.16. The first kappa shape index (κ1) is 18.3. The molecule has 2 aromatic rings. The predicted octanol–water partition coefficient (Wildman–Crippen LogP) is 3.07. The smallest absolute Gasteiger partial charge is 0.410 e. The summed E-state index contributed by atoms with van der Waals surface area (Å²) in [7, 11) is 0. The molecule has 0 bridgehead atoms. The van der Waals surface area contributed by atoms with E-state index >= 15 is 0 Å². The molecule has 2 aromatic carbocycles. The molecule has 3 rings (SSSR count). The van der Waals surface area contributed by atoms with Crippen LogP contribution >= 0.6 is 0 Å². The molecule has 0 aliphatic carbocycles. The highest BCUT2D eigenvalue weighted by molar-refractivity contribution is 5.67. The van der Waals surface area contributed by atoms with Gasteiger partial charge in [-0.2, -0.15) is 0 Å². The summed E-state index contributed by atoms with van der Waals surface area (Å²) in [4.78, 5) is 16.4. The minimum atomic E-state index is -0.242. The Morgan fingerprint density at radius 1 is 0.923 bits per heavy atom. The number of aliphatic hydroxyl groups is 1. The molecule has 1 fully saturated rings. The summed E-state index contributed by atoms with van der Waals surface area (Å²) < 4.78 is 5.45. The Labute approximate surface area is 154 Å². The highest BCUT2D eigenvalue weighted by Crippen LogP contribution is 2.18. The van der Waals surface area contributed by atoms with Gasteiger partial charge in [-0.3, -0.25) is 0 Å². The van der Waals surface area contributed by atoms with E-state index in [0.29, 0.717) is 26.1 Å². The molecule has 0 spiro atoms. The zero-order valence-electron chi connectivity index (χ0n) is 15.0. The summed E-state index contributed by atoms with van der Waals surface area (Å²) in [6.07, 6.45) is 1.36. The molecule has 1 heterocycles. The van der Waals surface area contributed by atoms with Gasteiger partial charge in [0.2, 0.25) is 0 Å². The van der Waals surface area contributed by atoms with Crippen molar-refractivity contribution in [3.63, 3.8) is 0 Å². The number of aliphatic hydroxyl groups excluding tert-OH is 1. The Bertz CT molecular complexity index is 688. The van der Waals surface area contributed by atoms with Gasteiger partial charge < -0.3 is 19.6 Å². The first-order valence-corrected chi connectivity index (χ1v) is 9.16. The van der Waals surface area contributed by atoms with Crippen LogP contribution in [0.4, 0.5) is 10.5 Å². The Balaban J connectivity index is 1.51. The SMILES string of the molecule is O=C(OCc1ccccc1)N1CCCN(c2ccc(CCO)cc2)CC1. The Hall–Kier alpha value is -2.53. The number of ether oxygens (including phenoxy) is 1. The second-order valence-electron chi connectivity index (χ2n) is 6.51. The quantitative estimate of drug-likeness (QED) is 0.897. The minimum absolute atomic E-state index is 0.170. The summed E-state index contributed by atoms with van der Waals surface area (Å²) >= 11 is 0. The molecule has 0 radical (unpaired) electrons. The maximum atomic E-state index is 12.3. The van der Waals surface area contributed by atoms with E-state index in [4.69, 9.17) is 9.84 Å². The average molecular weight is 354 g/mol. The summed E-state index contributed by atoms with van der Waals surface area (Å²) in [6, 6.07) is 18.0. The number of nitrogens with zero attached hydrogens (tertiary/aromatic N) is 2.